The summed E-state index contributed by atoms with van der Waals surface area (Å²) in [6.45, 7) is 4.35. The molecule has 0 saturated carbocycles. The predicted octanol–water partition coefficient (Wildman–Crippen LogP) is 22.0. The number of hydrogen-bond donors (Lipinski definition) is 6. The van der Waals surface area contributed by atoms with Gasteiger partial charge in [0.15, 0.2) is 6.29 Å². The van der Waals surface area contributed by atoms with Crippen LogP contribution in [0.4, 0.5) is 0 Å². The van der Waals surface area contributed by atoms with Crippen LogP contribution >= 0.6 is 0 Å². The maximum absolute atomic E-state index is 13.1. The van der Waals surface area contributed by atoms with E-state index in [9.17, 15) is 35.1 Å². The standard InChI is InChI=1S/C83H153NO10/c1-3-5-7-9-11-13-15-17-42-45-49-53-57-61-65-69-76(86)75(74-93-83-82(91)81(90)80(89)77(73-85)94-83)84-78(87)70-66-62-58-54-50-46-43-40-38-36-34-32-30-28-26-24-22-20-19-21-23-25-27-29-31-33-35-37-39-41-44-48-52-56-60-64-68-72-92-79(88)71-67-63-59-55-51-47-18-16-14-12-10-8-6-4-2/h10,12,16,18-19,21,25,27,65,69,75-77,80-83,85-86,89-91H,3-9,11,13-15,17,20,22-24,26,28-64,66-68,70-74H2,1-2H3,(H,84,87)/b12-10-,18-16-,21-19-,27-25-,69-65+. The molecule has 7 unspecified atom stereocenters. The third-order valence-corrected chi connectivity index (χ3v) is 19.1. The van der Waals surface area contributed by atoms with Crippen LogP contribution in [0.25, 0.3) is 0 Å². The van der Waals surface area contributed by atoms with Gasteiger partial charge in [0.1, 0.15) is 24.4 Å². The number of unbranched alkanes of at least 4 members (excludes halogenated alkanes) is 50. The molecular formula is C83H153NO10. The second-order valence-electron chi connectivity index (χ2n) is 28.1. The first kappa shape index (κ1) is 89.4. The largest absolute Gasteiger partial charge is 0.466 e. The van der Waals surface area contributed by atoms with Crippen molar-refractivity contribution in [2.75, 3.05) is 19.8 Å². The number of esters is 1. The lowest BCUT2D eigenvalue weighted by molar-refractivity contribution is -0.302. The molecule has 0 aromatic rings. The van der Waals surface area contributed by atoms with Gasteiger partial charge in [0.2, 0.25) is 5.91 Å². The molecule has 0 aliphatic carbocycles. The minimum atomic E-state index is -1.57. The van der Waals surface area contributed by atoms with Crippen molar-refractivity contribution in [3.8, 4) is 0 Å². The molecule has 1 fully saturated rings. The first-order valence-corrected chi connectivity index (χ1v) is 40.6. The Hall–Kier alpha value is -2.64. The topological polar surface area (TPSA) is 175 Å². The van der Waals surface area contributed by atoms with E-state index in [1.807, 2.05) is 6.08 Å². The van der Waals surface area contributed by atoms with E-state index in [0.29, 0.717) is 19.4 Å². The zero-order chi connectivity index (χ0) is 67.9. The van der Waals surface area contributed by atoms with E-state index in [1.54, 1.807) is 6.08 Å². The molecule has 0 radical (unpaired) electrons. The summed E-state index contributed by atoms with van der Waals surface area (Å²) in [5.74, 6) is -0.178. The van der Waals surface area contributed by atoms with Gasteiger partial charge in [-0.25, -0.2) is 0 Å². The molecule has 94 heavy (non-hydrogen) atoms. The molecule has 1 rings (SSSR count). The van der Waals surface area contributed by atoms with E-state index in [1.165, 1.54) is 295 Å². The Balaban J connectivity index is 1.93. The van der Waals surface area contributed by atoms with Gasteiger partial charge >= 0.3 is 5.97 Å². The Morgan fingerprint density at radius 1 is 0.394 bits per heavy atom. The number of rotatable bonds is 72. The lowest BCUT2D eigenvalue weighted by Gasteiger charge is -2.40. The van der Waals surface area contributed by atoms with Crippen molar-refractivity contribution >= 4 is 11.9 Å². The molecule has 550 valence electrons. The minimum absolute atomic E-state index is 0.00197. The van der Waals surface area contributed by atoms with Gasteiger partial charge in [0, 0.05) is 12.8 Å². The van der Waals surface area contributed by atoms with Crippen LogP contribution in [0, 0.1) is 0 Å². The van der Waals surface area contributed by atoms with Crippen LogP contribution in [0.5, 0.6) is 0 Å². The molecule has 0 aromatic heterocycles. The number of hydrogen-bond acceptors (Lipinski definition) is 10. The summed E-state index contributed by atoms with van der Waals surface area (Å²) in [4.78, 5) is 25.2. The predicted molar refractivity (Wildman–Crippen MR) is 398 cm³/mol. The normalized spacial score (nSPS) is 17.7. The Morgan fingerprint density at radius 2 is 0.723 bits per heavy atom. The summed E-state index contributed by atoms with van der Waals surface area (Å²) < 4.78 is 16.8. The molecule has 6 N–H and O–H groups in total. The quantitative estimate of drug-likeness (QED) is 0.0195. The van der Waals surface area contributed by atoms with Crippen LogP contribution in [0.2, 0.25) is 0 Å². The maximum Gasteiger partial charge on any atom is 0.305 e. The van der Waals surface area contributed by atoms with Crippen LogP contribution in [0.15, 0.2) is 60.8 Å². The van der Waals surface area contributed by atoms with Gasteiger partial charge in [-0.15, -0.1) is 0 Å². The molecule has 1 aliphatic heterocycles. The summed E-state index contributed by atoms with van der Waals surface area (Å²) >= 11 is 0. The SMILES string of the molecule is CCCC/C=C\C/C=C\CCCCCCCC(=O)OCCCCCCCCCCCCCCC/C=C\C/C=C\CCCCCCCCCCCCCCCCCCCC(=O)NC(COC1OC(CO)C(O)C(O)C1O)C(O)/C=C/CCCCCCCCCCCCCCC. The molecule has 0 spiro atoms. The number of nitrogens with one attached hydrogen (secondary N) is 1. The van der Waals surface area contributed by atoms with Crippen molar-refractivity contribution in [1.82, 2.24) is 5.32 Å². The zero-order valence-corrected chi connectivity index (χ0v) is 61.4. The van der Waals surface area contributed by atoms with E-state index in [0.717, 1.165) is 70.6 Å². The molecule has 1 aliphatic rings. The van der Waals surface area contributed by atoms with Crippen molar-refractivity contribution in [3.63, 3.8) is 0 Å². The van der Waals surface area contributed by atoms with Crippen molar-refractivity contribution in [1.29, 1.82) is 0 Å². The van der Waals surface area contributed by atoms with Crippen molar-refractivity contribution in [3.05, 3.63) is 60.8 Å². The highest BCUT2D eigenvalue weighted by atomic mass is 16.7. The molecule has 1 amide bonds. The molecule has 7 atom stereocenters. The number of allylic oxidation sites excluding steroid dienone is 9. The lowest BCUT2D eigenvalue weighted by atomic mass is 9.99. The average molecular weight is 1330 g/mol. The lowest BCUT2D eigenvalue weighted by Crippen LogP contribution is -2.60. The second-order valence-corrected chi connectivity index (χ2v) is 28.1. The average Bonchev–Trinajstić information content (AvgIpc) is 0.846. The van der Waals surface area contributed by atoms with E-state index in [-0.39, 0.29) is 18.5 Å². The van der Waals surface area contributed by atoms with Crippen LogP contribution in [-0.4, -0.2) is 100 Å². The zero-order valence-electron chi connectivity index (χ0n) is 61.4. The second kappa shape index (κ2) is 71.6. The Kier molecular flexibility index (Phi) is 68.1. The highest BCUT2D eigenvalue weighted by Gasteiger charge is 2.44. The van der Waals surface area contributed by atoms with Crippen LogP contribution < -0.4 is 5.32 Å². The fourth-order valence-corrected chi connectivity index (χ4v) is 12.7. The minimum Gasteiger partial charge on any atom is -0.466 e. The summed E-state index contributed by atoms with van der Waals surface area (Å²) in [5, 5.41) is 54.7. The summed E-state index contributed by atoms with van der Waals surface area (Å²) in [6.07, 6.45) is 86.7. The van der Waals surface area contributed by atoms with Crippen LogP contribution in [-0.2, 0) is 23.8 Å². The van der Waals surface area contributed by atoms with E-state index < -0.39 is 49.5 Å². The van der Waals surface area contributed by atoms with E-state index >= 15 is 0 Å². The van der Waals surface area contributed by atoms with E-state index in [4.69, 9.17) is 14.2 Å². The van der Waals surface area contributed by atoms with Crippen LogP contribution in [0.1, 0.15) is 393 Å². The first-order chi connectivity index (χ1) is 46.2. The Morgan fingerprint density at radius 3 is 1.11 bits per heavy atom. The van der Waals surface area contributed by atoms with Crippen molar-refractivity contribution in [2.45, 2.75) is 436 Å². The van der Waals surface area contributed by atoms with Gasteiger partial charge in [-0.1, -0.05) is 351 Å². The summed E-state index contributed by atoms with van der Waals surface area (Å²) in [6, 6.07) is -0.809. The number of amides is 1. The van der Waals surface area contributed by atoms with E-state index in [2.05, 4.69) is 67.8 Å². The van der Waals surface area contributed by atoms with Gasteiger partial charge in [0.05, 0.1) is 32.0 Å². The van der Waals surface area contributed by atoms with Gasteiger partial charge in [0.25, 0.3) is 0 Å². The molecule has 0 bridgehead atoms. The Labute approximate surface area is 579 Å². The van der Waals surface area contributed by atoms with Crippen LogP contribution in [0.3, 0.4) is 0 Å². The van der Waals surface area contributed by atoms with Gasteiger partial charge in [-0.2, -0.15) is 0 Å². The fourth-order valence-electron chi connectivity index (χ4n) is 12.7. The van der Waals surface area contributed by atoms with Gasteiger partial charge in [-0.3, -0.25) is 9.59 Å². The third-order valence-electron chi connectivity index (χ3n) is 19.1. The number of aliphatic hydroxyl groups is 5. The maximum atomic E-state index is 13.1. The highest BCUT2D eigenvalue weighted by Crippen LogP contribution is 2.24. The van der Waals surface area contributed by atoms with Gasteiger partial charge in [-0.05, 0) is 89.9 Å². The fraction of sp³-hybridized carbons (Fsp3) is 0.855. The monoisotopic (exact) mass is 1320 g/mol. The van der Waals surface area contributed by atoms with Crippen molar-refractivity contribution < 1.29 is 49.3 Å². The molecular weight excluding hydrogens is 1170 g/mol. The summed E-state index contributed by atoms with van der Waals surface area (Å²) in [5.41, 5.74) is 0. The Bertz CT molecular complexity index is 1750. The highest BCUT2D eigenvalue weighted by molar-refractivity contribution is 5.76. The first-order valence-electron chi connectivity index (χ1n) is 40.6. The molecule has 11 heteroatoms. The molecule has 0 aromatic carbocycles. The smallest absolute Gasteiger partial charge is 0.305 e. The molecule has 1 heterocycles. The number of carbonyl (C=O) groups is 2. The van der Waals surface area contributed by atoms with Gasteiger partial charge < -0.3 is 45.1 Å². The molecule has 1 saturated heterocycles. The number of ether oxygens (including phenoxy) is 3. The summed E-state index contributed by atoms with van der Waals surface area (Å²) in [7, 11) is 0. The van der Waals surface area contributed by atoms with Crippen molar-refractivity contribution in [2.24, 2.45) is 0 Å². The third kappa shape index (κ3) is 59.4. The number of carbonyl (C=O) groups excluding carboxylic acids is 2. The molecule has 11 nitrogen and oxygen atoms in total. The number of aliphatic hydroxyl groups excluding tert-OH is 5.